The summed E-state index contributed by atoms with van der Waals surface area (Å²) in [4.78, 5) is 43.5. The minimum absolute atomic E-state index is 0.0185. The molecule has 2 saturated heterocycles. The molecule has 7 atom stereocenters. The zero-order valence-corrected chi connectivity index (χ0v) is 23.8. The van der Waals surface area contributed by atoms with E-state index < -0.39 is 29.6 Å². The number of ether oxygens (including phenoxy) is 1. The molecule has 2 aromatic rings. The first-order valence-corrected chi connectivity index (χ1v) is 14.8. The summed E-state index contributed by atoms with van der Waals surface area (Å²) in [6.07, 6.45) is 7.16. The number of amides is 3. The molecule has 3 fully saturated rings. The van der Waals surface area contributed by atoms with Gasteiger partial charge in [0.2, 0.25) is 17.7 Å². The number of hydrogen-bond donors (Lipinski definition) is 2. The lowest BCUT2D eigenvalue weighted by Gasteiger charge is -2.36. The van der Waals surface area contributed by atoms with E-state index in [1.54, 1.807) is 12.1 Å². The summed E-state index contributed by atoms with van der Waals surface area (Å²) in [6.45, 7) is 6.48. The van der Waals surface area contributed by atoms with Gasteiger partial charge in [-0.2, -0.15) is 0 Å². The second kappa shape index (κ2) is 10.7. The lowest BCUT2D eigenvalue weighted by atomic mass is 9.74. The molecule has 0 aromatic heterocycles. The van der Waals surface area contributed by atoms with E-state index in [0.29, 0.717) is 23.1 Å². The van der Waals surface area contributed by atoms with Gasteiger partial charge in [0, 0.05) is 18.3 Å². The molecule has 2 bridgehead atoms. The molecule has 3 heterocycles. The third-order valence-electron chi connectivity index (χ3n) is 9.48. The average molecular weight is 560 g/mol. The van der Waals surface area contributed by atoms with E-state index in [-0.39, 0.29) is 36.1 Å². The predicted octanol–water partition coefficient (Wildman–Crippen LogP) is 4.93. The van der Waals surface area contributed by atoms with E-state index in [4.69, 9.17) is 4.74 Å². The van der Waals surface area contributed by atoms with E-state index in [1.165, 1.54) is 17.0 Å². The number of benzene rings is 2. The maximum absolute atomic E-state index is 14.2. The van der Waals surface area contributed by atoms with Crippen LogP contribution in [0.25, 0.3) is 0 Å². The highest BCUT2D eigenvalue weighted by Crippen LogP contribution is 2.55. The number of anilines is 1. The first kappa shape index (κ1) is 27.6. The van der Waals surface area contributed by atoms with Crippen LogP contribution in [0.15, 0.2) is 60.7 Å². The summed E-state index contributed by atoms with van der Waals surface area (Å²) < 4.78 is 20.1. The maximum Gasteiger partial charge on any atom is 0.246 e. The van der Waals surface area contributed by atoms with Gasteiger partial charge in [-0.05, 0) is 60.1 Å². The van der Waals surface area contributed by atoms with Gasteiger partial charge in [-0.1, -0.05) is 70.0 Å². The number of likely N-dealkylation sites (tertiary alicyclic amines) is 1. The fourth-order valence-corrected chi connectivity index (χ4v) is 7.19. The summed E-state index contributed by atoms with van der Waals surface area (Å²) in [5, 5.41) is 6.22. The number of hydrogen-bond acceptors (Lipinski definition) is 4. The molecular weight excluding hydrogens is 521 g/mol. The van der Waals surface area contributed by atoms with Crippen LogP contribution in [0, 0.1) is 23.6 Å². The quantitative estimate of drug-likeness (QED) is 0.471. The molecule has 3 amide bonds. The van der Waals surface area contributed by atoms with Crippen LogP contribution < -0.4 is 10.6 Å². The Labute approximate surface area is 240 Å². The van der Waals surface area contributed by atoms with Crippen molar-refractivity contribution in [2.45, 2.75) is 82.7 Å². The Bertz CT molecular complexity index is 1360. The third-order valence-corrected chi connectivity index (χ3v) is 9.48. The number of halogens is 1. The van der Waals surface area contributed by atoms with E-state index in [1.807, 2.05) is 36.4 Å². The molecule has 2 aromatic carbocycles. The standard InChI is InChI=1S/C33H38FN3O4/c1-19(2)22-10-14-24(15-11-22)35-30(38)27-26-16-17-33(41-26)28(27)32(40)37(18-21-8-12-23(34)13-9-21)29(33)31(39)36-25-7-5-4-6-20(25)3/h8-17,19-20,25-29H,4-7,18H2,1-3H3,(H,35,38)(H,36,39)/t20-,25-,26+,27-,28+,29+,33+/m1/s1. The number of carbonyl (C=O) groups is 3. The van der Waals surface area contributed by atoms with Crippen LogP contribution in [0.4, 0.5) is 10.1 Å². The first-order chi connectivity index (χ1) is 19.7. The van der Waals surface area contributed by atoms with Crippen LogP contribution in [0.5, 0.6) is 0 Å². The van der Waals surface area contributed by atoms with Gasteiger partial charge in [0.1, 0.15) is 17.5 Å². The van der Waals surface area contributed by atoms with Crippen molar-refractivity contribution >= 4 is 23.4 Å². The van der Waals surface area contributed by atoms with Crippen molar-refractivity contribution in [1.29, 1.82) is 0 Å². The van der Waals surface area contributed by atoms with E-state index in [9.17, 15) is 18.8 Å². The van der Waals surface area contributed by atoms with E-state index in [0.717, 1.165) is 31.2 Å². The molecule has 41 heavy (non-hydrogen) atoms. The monoisotopic (exact) mass is 559 g/mol. The van der Waals surface area contributed by atoms with Crippen molar-refractivity contribution < 1.29 is 23.5 Å². The van der Waals surface area contributed by atoms with Gasteiger partial charge in [-0.3, -0.25) is 14.4 Å². The van der Waals surface area contributed by atoms with Gasteiger partial charge in [0.15, 0.2) is 0 Å². The van der Waals surface area contributed by atoms with Crippen molar-refractivity contribution in [2.75, 3.05) is 5.32 Å². The largest absolute Gasteiger partial charge is 0.359 e. The van der Waals surface area contributed by atoms with Crippen molar-refractivity contribution in [3.63, 3.8) is 0 Å². The van der Waals surface area contributed by atoms with Crippen molar-refractivity contribution in [1.82, 2.24) is 10.2 Å². The van der Waals surface area contributed by atoms with Gasteiger partial charge < -0.3 is 20.3 Å². The topological polar surface area (TPSA) is 87.7 Å². The highest BCUT2D eigenvalue weighted by molar-refractivity contribution is 6.02. The van der Waals surface area contributed by atoms with Gasteiger partial charge in [-0.15, -0.1) is 0 Å². The van der Waals surface area contributed by atoms with Crippen molar-refractivity contribution in [3.05, 3.63) is 77.6 Å². The lowest BCUT2D eigenvalue weighted by Crippen LogP contribution is -2.57. The highest BCUT2D eigenvalue weighted by atomic mass is 19.1. The molecular formula is C33H38FN3O4. The molecule has 1 spiro atoms. The number of nitrogens with zero attached hydrogens (tertiary/aromatic N) is 1. The Morgan fingerprint density at radius 1 is 1.05 bits per heavy atom. The molecule has 7 nitrogen and oxygen atoms in total. The van der Waals surface area contributed by atoms with Gasteiger partial charge in [0.05, 0.1) is 17.9 Å². The number of fused-ring (bicyclic) bond motifs is 1. The average Bonchev–Trinajstić information content (AvgIpc) is 3.59. The minimum Gasteiger partial charge on any atom is -0.359 e. The second-order valence-electron chi connectivity index (χ2n) is 12.4. The predicted molar refractivity (Wildman–Crippen MR) is 153 cm³/mol. The van der Waals surface area contributed by atoms with E-state index >= 15 is 0 Å². The Morgan fingerprint density at radius 2 is 1.76 bits per heavy atom. The van der Waals surface area contributed by atoms with Crippen molar-refractivity contribution in [3.8, 4) is 0 Å². The van der Waals surface area contributed by atoms with Crippen LogP contribution >= 0.6 is 0 Å². The zero-order chi connectivity index (χ0) is 28.9. The molecule has 3 aliphatic heterocycles. The molecule has 8 heteroatoms. The third kappa shape index (κ3) is 4.86. The Morgan fingerprint density at radius 3 is 2.44 bits per heavy atom. The zero-order valence-electron chi connectivity index (χ0n) is 23.8. The molecule has 6 rings (SSSR count). The number of nitrogens with one attached hydrogen (secondary N) is 2. The van der Waals surface area contributed by atoms with Gasteiger partial charge in [0.25, 0.3) is 0 Å². The number of carbonyl (C=O) groups excluding carboxylic acids is 3. The lowest BCUT2D eigenvalue weighted by molar-refractivity contribution is -0.142. The normalized spacial score (nSPS) is 31.9. The fourth-order valence-electron chi connectivity index (χ4n) is 7.19. The van der Waals surface area contributed by atoms with Crippen LogP contribution in [-0.4, -0.2) is 46.4 Å². The van der Waals surface area contributed by atoms with Gasteiger partial charge in [-0.25, -0.2) is 4.39 Å². The van der Waals surface area contributed by atoms with Crippen LogP contribution in [-0.2, 0) is 25.7 Å². The maximum atomic E-state index is 14.2. The molecule has 0 unspecified atom stereocenters. The molecule has 4 aliphatic rings. The molecule has 2 N–H and O–H groups in total. The van der Waals surface area contributed by atoms with Crippen LogP contribution in [0.2, 0.25) is 0 Å². The highest BCUT2D eigenvalue weighted by Gasteiger charge is 2.72. The smallest absolute Gasteiger partial charge is 0.246 e. The molecule has 0 radical (unpaired) electrons. The summed E-state index contributed by atoms with van der Waals surface area (Å²) in [7, 11) is 0. The van der Waals surface area contributed by atoms with Crippen LogP contribution in [0.3, 0.4) is 0 Å². The van der Waals surface area contributed by atoms with Gasteiger partial charge >= 0.3 is 0 Å². The molecule has 1 aliphatic carbocycles. The Kier molecular flexibility index (Phi) is 7.22. The Hall–Kier alpha value is -3.52. The molecule has 1 saturated carbocycles. The SMILES string of the molecule is CC(C)c1ccc(NC(=O)[C@@H]2[C@@H]3C=C[C@]4(O3)[C@@H]2C(=O)N(Cc2ccc(F)cc2)[C@H]4C(=O)N[C@@H]2CCCC[C@H]2C)cc1. The summed E-state index contributed by atoms with van der Waals surface area (Å²) in [5.74, 6) is -2.16. The Balaban J connectivity index is 1.30. The van der Waals surface area contributed by atoms with E-state index in [2.05, 4.69) is 31.4 Å². The van der Waals surface area contributed by atoms with Crippen LogP contribution in [0.1, 0.15) is 63.5 Å². The fraction of sp³-hybridized carbons (Fsp3) is 0.485. The van der Waals surface area contributed by atoms with Crippen molar-refractivity contribution in [2.24, 2.45) is 17.8 Å². The minimum atomic E-state index is -1.24. The second-order valence-corrected chi connectivity index (χ2v) is 12.4. The molecule has 216 valence electrons. The first-order valence-electron chi connectivity index (χ1n) is 14.8. The summed E-state index contributed by atoms with van der Waals surface area (Å²) in [6, 6.07) is 12.7. The summed E-state index contributed by atoms with van der Waals surface area (Å²) in [5.41, 5.74) is 1.27. The summed E-state index contributed by atoms with van der Waals surface area (Å²) >= 11 is 0. The number of rotatable bonds is 7.